The van der Waals surface area contributed by atoms with Crippen LogP contribution in [0.15, 0.2) is 17.3 Å². The van der Waals surface area contributed by atoms with Crippen LogP contribution in [0, 0.1) is 3.57 Å². The van der Waals surface area contributed by atoms with Crippen LogP contribution in [0.1, 0.15) is 0 Å². The lowest BCUT2D eigenvalue weighted by Crippen LogP contribution is -2.26. The van der Waals surface area contributed by atoms with Gasteiger partial charge in [-0.15, -0.1) is 0 Å². The van der Waals surface area contributed by atoms with E-state index in [0.29, 0.717) is 3.57 Å². The summed E-state index contributed by atoms with van der Waals surface area (Å²) in [7, 11) is 1.27. The smallest absolute Gasteiger partial charge is 0.325 e. The number of ether oxygens (including phenoxy) is 1. The Kier molecular flexibility index (Phi) is 3.40. The SMILES string of the molecule is COC(=O)Cn1cncc(I)c1=O. The molecule has 0 unspecified atom stereocenters. The molecule has 0 atom stereocenters. The second-order valence-electron chi connectivity index (χ2n) is 2.25. The highest BCUT2D eigenvalue weighted by Gasteiger charge is 2.05. The van der Waals surface area contributed by atoms with Gasteiger partial charge in [0.05, 0.1) is 17.0 Å². The van der Waals surface area contributed by atoms with Crippen molar-refractivity contribution in [1.29, 1.82) is 0 Å². The standard InChI is InChI=1S/C7H7IN2O3/c1-13-6(11)3-10-4-9-2-5(8)7(10)12/h2,4H,3H2,1H3. The number of carbonyl (C=O) groups excluding carboxylic acids is 1. The largest absolute Gasteiger partial charge is 0.468 e. The molecule has 0 saturated carbocycles. The lowest BCUT2D eigenvalue weighted by atomic mass is 10.6. The Morgan fingerprint density at radius 2 is 2.46 bits per heavy atom. The van der Waals surface area contributed by atoms with Crippen LogP contribution in [0.2, 0.25) is 0 Å². The van der Waals surface area contributed by atoms with E-state index >= 15 is 0 Å². The van der Waals surface area contributed by atoms with Crippen molar-refractivity contribution in [1.82, 2.24) is 9.55 Å². The molecule has 6 heteroatoms. The molecule has 1 aromatic rings. The molecule has 1 rings (SSSR count). The summed E-state index contributed by atoms with van der Waals surface area (Å²) in [6.07, 6.45) is 2.75. The quantitative estimate of drug-likeness (QED) is 0.570. The van der Waals surface area contributed by atoms with Crippen LogP contribution in [0.5, 0.6) is 0 Å². The molecular formula is C7H7IN2O3. The zero-order valence-electron chi connectivity index (χ0n) is 6.86. The summed E-state index contributed by atoms with van der Waals surface area (Å²) < 4.78 is 6.10. The fraction of sp³-hybridized carbons (Fsp3) is 0.286. The van der Waals surface area contributed by atoms with Gasteiger partial charge in [-0.05, 0) is 22.6 Å². The van der Waals surface area contributed by atoms with Crippen molar-refractivity contribution in [2.24, 2.45) is 0 Å². The summed E-state index contributed by atoms with van der Waals surface area (Å²) in [5.74, 6) is -0.467. The maximum absolute atomic E-state index is 11.3. The predicted octanol–water partition coefficient (Wildman–Crippen LogP) is 0.0209. The van der Waals surface area contributed by atoms with Gasteiger partial charge in [0.2, 0.25) is 0 Å². The van der Waals surface area contributed by atoms with E-state index in [9.17, 15) is 9.59 Å². The van der Waals surface area contributed by atoms with Gasteiger partial charge in [-0.1, -0.05) is 0 Å². The summed E-state index contributed by atoms with van der Waals surface area (Å²) in [5, 5.41) is 0. The highest BCUT2D eigenvalue weighted by atomic mass is 127. The van der Waals surface area contributed by atoms with Crippen molar-refractivity contribution in [2.75, 3.05) is 7.11 Å². The molecule has 0 bridgehead atoms. The van der Waals surface area contributed by atoms with E-state index in [2.05, 4.69) is 9.72 Å². The lowest BCUT2D eigenvalue weighted by molar-refractivity contribution is -0.141. The molecule has 0 saturated heterocycles. The first kappa shape index (κ1) is 10.2. The molecule has 0 aromatic carbocycles. The van der Waals surface area contributed by atoms with E-state index < -0.39 is 5.97 Å². The Hall–Kier alpha value is -0.920. The molecule has 1 aromatic heterocycles. The van der Waals surface area contributed by atoms with E-state index in [0.717, 1.165) is 0 Å². The first-order valence-corrected chi connectivity index (χ1v) is 4.50. The van der Waals surface area contributed by atoms with Crippen LogP contribution in [0.25, 0.3) is 0 Å². The first-order valence-electron chi connectivity index (χ1n) is 3.42. The van der Waals surface area contributed by atoms with Crippen molar-refractivity contribution in [3.63, 3.8) is 0 Å². The van der Waals surface area contributed by atoms with E-state index in [1.54, 1.807) is 0 Å². The number of nitrogens with zero attached hydrogens (tertiary/aromatic N) is 2. The van der Waals surface area contributed by atoms with Gasteiger partial charge in [0, 0.05) is 6.20 Å². The number of esters is 1. The van der Waals surface area contributed by atoms with E-state index in [4.69, 9.17) is 0 Å². The van der Waals surface area contributed by atoms with Crippen molar-refractivity contribution in [2.45, 2.75) is 6.54 Å². The number of carbonyl (C=O) groups is 1. The Bertz CT molecular complexity index is 374. The van der Waals surface area contributed by atoms with Crippen LogP contribution >= 0.6 is 22.6 Å². The molecule has 0 aliphatic carbocycles. The predicted molar refractivity (Wildman–Crippen MR) is 53.2 cm³/mol. The third-order valence-electron chi connectivity index (χ3n) is 1.39. The molecule has 0 N–H and O–H groups in total. The molecule has 1 heterocycles. The normalized spacial score (nSPS) is 9.69. The van der Waals surface area contributed by atoms with Crippen LogP contribution in [-0.4, -0.2) is 22.6 Å². The first-order chi connectivity index (χ1) is 6.15. The van der Waals surface area contributed by atoms with Gasteiger partial charge in [-0.25, -0.2) is 4.98 Å². The zero-order chi connectivity index (χ0) is 9.84. The molecule has 0 radical (unpaired) electrons. The average Bonchev–Trinajstić information content (AvgIpc) is 2.13. The molecule has 5 nitrogen and oxygen atoms in total. The minimum atomic E-state index is -0.467. The number of halogens is 1. The van der Waals surface area contributed by atoms with E-state index in [1.165, 1.54) is 24.2 Å². The molecule has 0 spiro atoms. The summed E-state index contributed by atoms with van der Waals surface area (Å²) in [5.41, 5.74) is -0.235. The third kappa shape index (κ3) is 2.51. The van der Waals surface area contributed by atoms with Crippen LogP contribution in [-0.2, 0) is 16.1 Å². The van der Waals surface area contributed by atoms with Gasteiger partial charge >= 0.3 is 5.97 Å². The fourth-order valence-electron chi connectivity index (χ4n) is 0.740. The van der Waals surface area contributed by atoms with Gasteiger partial charge in [0.1, 0.15) is 6.54 Å². The van der Waals surface area contributed by atoms with Gasteiger partial charge < -0.3 is 4.74 Å². The van der Waals surface area contributed by atoms with Crippen LogP contribution in [0.3, 0.4) is 0 Å². The fourth-order valence-corrected chi connectivity index (χ4v) is 1.21. The molecular weight excluding hydrogens is 287 g/mol. The average molecular weight is 294 g/mol. The Balaban J connectivity index is 2.96. The number of hydrogen-bond donors (Lipinski definition) is 0. The van der Waals surface area contributed by atoms with Gasteiger partial charge in [-0.2, -0.15) is 0 Å². The maximum atomic E-state index is 11.3. The highest BCUT2D eigenvalue weighted by Crippen LogP contribution is 1.93. The number of aromatic nitrogens is 2. The maximum Gasteiger partial charge on any atom is 0.325 e. The van der Waals surface area contributed by atoms with Crippen molar-refractivity contribution >= 4 is 28.6 Å². The Labute approximate surface area is 87.9 Å². The van der Waals surface area contributed by atoms with Crippen LogP contribution < -0.4 is 5.56 Å². The van der Waals surface area contributed by atoms with Crippen molar-refractivity contribution in [3.8, 4) is 0 Å². The number of methoxy groups -OCH3 is 1. The number of hydrogen-bond acceptors (Lipinski definition) is 4. The van der Waals surface area contributed by atoms with Gasteiger partial charge in [-0.3, -0.25) is 14.2 Å². The molecule has 70 valence electrons. The lowest BCUT2D eigenvalue weighted by Gasteiger charge is -2.02. The second-order valence-corrected chi connectivity index (χ2v) is 3.41. The minimum Gasteiger partial charge on any atom is -0.468 e. The van der Waals surface area contributed by atoms with Crippen LogP contribution in [0.4, 0.5) is 0 Å². The van der Waals surface area contributed by atoms with Crippen molar-refractivity contribution in [3.05, 3.63) is 26.4 Å². The molecule has 13 heavy (non-hydrogen) atoms. The monoisotopic (exact) mass is 294 g/mol. The summed E-state index contributed by atoms with van der Waals surface area (Å²) in [6, 6.07) is 0. The third-order valence-corrected chi connectivity index (χ3v) is 2.13. The molecule has 0 fully saturated rings. The molecule has 0 amide bonds. The van der Waals surface area contributed by atoms with E-state index in [-0.39, 0.29) is 12.1 Å². The molecule has 0 aliphatic rings. The molecule has 0 aliphatic heterocycles. The summed E-state index contributed by atoms with van der Waals surface area (Å²) >= 11 is 1.86. The number of rotatable bonds is 2. The van der Waals surface area contributed by atoms with E-state index in [1.807, 2.05) is 22.6 Å². The Morgan fingerprint density at radius 1 is 1.77 bits per heavy atom. The topological polar surface area (TPSA) is 61.2 Å². The summed E-state index contributed by atoms with van der Waals surface area (Å²) in [6.45, 7) is -0.0980. The van der Waals surface area contributed by atoms with Crippen molar-refractivity contribution < 1.29 is 9.53 Å². The van der Waals surface area contributed by atoms with Gasteiger partial charge in [0.25, 0.3) is 5.56 Å². The highest BCUT2D eigenvalue weighted by molar-refractivity contribution is 14.1. The summed E-state index contributed by atoms with van der Waals surface area (Å²) in [4.78, 5) is 25.9. The minimum absolute atomic E-state index is 0.0980. The Morgan fingerprint density at radius 3 is 3.08 bits per heavy atom. The zero-order valence-corrected chi connectivity index (χ0v) is 9.02. The van der Waals surface area contributed by atoms with Gasteiger partial charge in [0.15, 0.2) is 0 Å². The second kappa shape index (κ2) is 4.35.